The third-order valence-electron chi connectivity index (χ3n) is 4.40. The molecule has 2 atom stereocenters. The van der Waals surface area contributed by atoms with Crippen LogP contribution < -0.4 is 5.32 Å². The summed E-state index contributed by atoms with van der Waals surface area (Å²) in [5, 5.41) is 13.0. The van der Waals surface area contributed by atoms with Gasteiger partial charge in [0.25, 0.3) is 0 Å². The number of methoxy groups -OCH3 is 1. The molecule has 2 saturated carbocycles. The van der Waals surface area contributed by atoms with Crippen molar-refractivity contribution < 1.29 is 9.84 Å². The largest absolute Gasteiger partial charge is 0.396 e. The summed E-state index contributed by atoms with van der Waals surface area (Å²) in [7, 11) is 1.80. The van der Waals surface area contributed by atoms with Crippen LogP contribution in [-0.2, 0) is 4.74 Å². The Bertz CT molecular complexity index is 204. The number of rotatable bonds is 5. The first-order valence-corrected chi connectivity index (χ1v) is 6.70. The van der Waals surface area contributed by atoms with Crippen LogP contribution in [0.1, 0.15) is 38.5 Å². The third kappa shape index (κ3) is 2.96. The van der Waals surface area contributed by atoms with E-state index in [1.54, 1.807) is 7.11 Å². The highest BCUT2D eigenvalue weighted by molar-refractivity contribution is 4.87. The average Bonchev–Trinajstić information content (AvgIpc) is 2.28. The molecule has 0 aromatic heterocycles. The van der Waals surface area contributed by atoms with Crippen molar-refractivity contribution in [3.8, 4) is 0 Å². The Morgan fingerprint density at radius 2 is 1.88 bits per heavy atom. The van der Waals surface area contributed by atoms with Gasteiger partial charge in [0.15, 0.2) is 0 Å². The van der Waals surface area contributed by atoms with Gasteiger partial charge >= 0.3 is 0 Å². The maximum absolute atomic E-state index is 9.33. The van der Waals surface area contributed by atoms with Gasteiger partial charge in [-0.25, -0.2) is 0 Å². The molecule has 2 rings (SSSR count). The van der Waals surface area contributed by atoms with Gasteiger partial charge < -0.3 is 15.2 Å². The molecule has 3 nitrogen and oxygen atoms in total. The molecule has 0 amide bonds. The maximum Gasteiger partial charge on any atom is 0.0601 e. The molecule has 2 aliphatic rings. The minimum atomic E-state index is 0.373. The van der Waals surface area contributed by atoms with Gasteiger partial charge in [0.2, 0.25) is 0 Å². The molecule has 0 saturated heterocycles. The molecule has 94 valence electrons. The second-order valence-corrected chi connectivity index (χ2v) is 5.42. The van der Waals surface area contributed by atoms with Crippen molar-refractivity contribution in [1.82, 2.24) is 5.32 Å². The van der Waals surface area contributed by atoms with E-state index in [2.05, 4.69) is 5.32 Å². The molecular formula is C13H25NO2. The van der Waals surface area contributed by atoms with Gasteiger partial charge in [0.1, 0.15) is 0 Å². The first-order chi connectivity index (χ1) is 7.83. The highest BCUT2D eigenvalue weighted by atomic mass is 16.5. The lowest BCUT2D eigenvalue weighted by Gasteiger charge is -2.37. The summed E-state index contributed by atoms with van der Waals surface area (Å²) in [6.07, 6.45) is 7.95. The zero-order valence-corrected chi connectivity index (χ0v) is 10.3. The fraction of sp³-hybridized carbons (Fsp3) is 1.00. The van der Waals surface area contributed by atoms with Crippen LogP contribution in [0.25, 0.3) is 0 Å². The molecule has 0 radical (unpaired) electrons. The summed E-state index contributed by atoms with van der Waals surface area (Å²) >= 11 is 0. The fourth-order valence-corrected chi connectivity index (χ4v) is 3.04. The van der Waals surface area contributed by atoms with Crippen LogP contribution in [0, 0.1) is 11.8 Å². The summed E-state index contributed by atoms with van der Waals surface area (Å²) in [5.41, 5.74) is 0. The molecule has 0 aromatic rings. The Labute approximate surface area is 98.6 Å². The van der Waals surface area contributed by atoms with Crippen LogP contribution in [0.2, 0.25) is 0 Å². The Kier molecular flexibility index (Phi) is 4.62. The lowest BCUT2D eigenvalue weighted by molar-refractivity contribution is 0.0141. The highest BCUT2D eigenvalue weighted by Crippen LogP contribution is 2.30. The lowest BCUT2D eigenvalue weighted by atomic mass is 9.79. The lowest BCUT2D eigenvalue weighted by Crippen LogP contribution is -2.47. The number of nitrogens with one attached hydrogen (secondary N) is 1. The Morgan fingerprint density at radius 3 is 2.50 bits per heavy atom. The topological polar surface area (TPSA) is 41.5 Å². The number of hydrogen-bond acceptors (Lipinski definition) is 3. The molecule has 0 bridgehead atoms. The van der Waals surface area contributed by atoms with E-state index < -0.39 is 0 Å². The molecule has 16 heavy (non-hydrogen) atoms. The summed E-state index contributed by atoms with van der Waals surface area (Å²) in [5.74, 6) is 1.24. The molecule has 3 heteroatoms. The fourth-order valence-electron chi connectivity index (χ4n) is 3.04. The van der Waals surface area contributed by atoms with Crippen LogP contribution in [-0.4, -0.2) is 37.5 Å². The number of hydrogen-bond donors (Lipinski definition) is 2. The van der Waals surface area contributed by atoms with Crippen molar-refractivity contribution >= 4 is 0 Å². The standard InChI is InChI=1S/C13H25NO2/c1-16-13-6-12(7-13)14-8-10-4-2-3-5-11(10)9-15/h10-15H,2-9H2,1H3. The summed E-state index contributed by atoms with van der Waals surface area (Å²) in [6, 6.07) is 0.659. The van der Waals surface area contributed by atoms with Crippen molar-refractivity contribution in [2.75, 3.05) is 20.3 Å². The van der Waals surface area contributed by atoms with Crippen LogP contribution in [0.4, 0.5) is 0 Å². The van der Waals surface area contributed by atoms with E-state index in [9.17, 15) is 5.11 Å². The van der Waals surface area contributed by atoms with Gasteiger partial charge in [-0.2, -0.15) is 0 Å². The van der Waals surface area contributed by atoms with Crippen LogP contribution in [0.15, 0.2) is 0 Å². The van der Waals surface area contributed by atoms with E-state index in [1.807, 2.05) is 0 Å². The SMILES string of the molecule is COC1CC(NCC2CCCCC2CO)C1. The van der Waals surface area contributed by atoms with Gasteiger partial charge in [0, 0.05) is 19.8 Å². The van der Waals surface area contributed by atoms with E-state index in [0.717, 1.165) is 19.4 Å². The monoisotopic (exact) mass is 227 g/mol. The first-order valence-electron chi connectivity index (χ1n) is 6.70. The predicted molar refractivity (Wildman–Crippen MR) is 64.4 cm³/mol. The van der Waals surface area contributed by atoms with Crippen LogP contribution in [0.5, 0.6) is 0 Å². The summed E-state index contributed by atoms with van der Waals surface area (Å²) in [4.78, 5) is 0. The van der Waals surface area contributed by atoms with Gasteiger partial charge in [0.05, 0.1) is 6.10 Å². The molecule has 2 unspecified atom stereocenters. The van der Waals surface area contributed by atoms with E-state index in [-0.39, 0.29) is 0 Å². The zero-order valence-electron chi connectivity index (χ0n) is 10.3. The molecule has 2 N–H and O–H groups in total. The second kappa shape index (κ2) is 5.99. The molecule has 0 heterocycles. The predicted octanol–water partition coefficient (Wildman–Crippen LogP) is 1.55. The summed E-state index contributed by atoms with van der Waals surface area (Å²) in [6.45, 7) is 1.46. The molecule has 0 aromatic carbocycles. The molecule has 2 aliphatic carbocycles. The van der Waals surface area contributed by atoms with E-state index in [0.29, 0.717) is 30.6 Å². The third-order valence-corrected chi connectivity index (χ3v) is 4.40. The molecule has 0 aliphatic heterocycles. The second-order valence-electron chi connectivity index (χ2n) is 5.42. The Balaban J connectivity index is 1.65. The average molecular weight is 227 g/mol. The van der Waals surface area contributed by atoms with Crippen molar-refractivity contribution in [1.29, 1.82) is 0 Å². The molecule has 0 spiro atoms. The van der Waals surface area contributed by atoms with Crippen LogP contribution in [0.3, 0.4) is 0 Å². The number of aliphatic hydroxyl groups is 1. The molecule has 2 fully saturated rings. The molecular weight excluding hydrogens is 202 g/mol. The quantitative estimate of drug-likeness (QED) is 0.749. The normalized spacial score (nSPS) is 39.4. The van der Waals surface area contributed by atoms with E-state index in [1.165, 1.54) is 25.7 Å². The van der Waals surface area contributed by atoms with Gasteiger partial charge in [-0.1, -0.05) is 12.8 Å². The maximum atomic E-state index is 9.33. The van der Waals surface area contributed by atoms with E-state index in [4.69, 9.17) is 4.74 Å². The van der Waals surface area contributed by atoms with Gasteiger partial charge in [-0.05, 0) is 44.1 Å². The first kappa shape index (κ1) is 12.3. The van der Waals surface area contributed by atoms with Crippen molar-refractivity contribution in [2.45, 2.75) is 50.7 Å². The van der Waals surface area contributed by atoms with Crippen molar-refractivity contribution in [3.05, 3.63) is 0 Å². The van der Waals surface area contributed by atoms with Gasteiger partial charge in [-0.15, -0.1) is 0 Å². The minimum absolute atomic E-state index is 0.373. The minimum Gasteiger partial charge on any atom is -0.396 e. The van der Waals surface area contributed by atoms with E-state index >= 15 is 0 Å². The van der Waals surface area contributed by atoms with Gasteiger partial charge in [-0.3, -0.25) is 0 Å². The zero-order chi connectivity index (χ0) is 11.4. The Morgan fingerprint density at radius 1 is 1.19 bits per heavy atom. The van der Waals surface area contributed by atoms with Crippen molar-refractivity contribution in [3.63, 3.8) is 0 Å². The Hall–Kier alpha value is -0.120. The summed E-state index contributed by atoms with van der Waals surface area (Å²) < 4.78 is 5.27. The number of ether oxygens (including phenoxy) is 1. The van der Waals surface area contributed by atoms with Crippen LogP contribution >= 0.6 is 0 Å². The smallest absolute Gasteiger partial charge is 0.0601 e. The highest BCUT2D eigenvalue weighted by Gasteiger charge is 2.30. The number of aliphatic hydroxyl groups excluding tert-OH is 1. The van der Waals surface area contributed by atoms with Crippen molar-refractivity contribution in [2.24, 2.45) is 11.8 Å².